The molecule has 7 nitrogen and oxygen atoms in total. The van der Waals surface area contributed by atoms with E-state index in [-0.39, 0.29) is 30.2 Å². The third-order valence-corrected chi connectivity index (χ3v) is 6.32. The molecule has 1 aliphatic carbocycles. The van der Waals surface area contributed by atoms with Crippen LogP contribution in [0.1, 0.15) is 72.9 Å². The van der Waals surface area contributed by atoms with Gasteiger partial charge in [0, 0.05) is 36.4 Å². The Bertz CT molecular complexity index is 888. The third-order valence-electron chi connectivity index (χ3n) is 6.32. The predicted molar refractivity (Wildman–Crippen MR) is 118 cm³/mol. The second-order valence-corrected chi connectivity index (χ2v) is 8.66. The Kier molecular flexibility index (Phi) is 8.47. The van der Waals surface area contributed by atoms with Crippen LogP contribution in [0, 0.1) is 0 Å². The quantitative estimate of drug-likeness (QED) is 0.293. The molecule has 0 unspecified atom stereocenters. The number of fused-ring (bicyclic) bond motifs is 1. The lowest BCUT2D eigenvalue weighted by atomic mass is 9.89. The van der Waals surface area contributed by atoms with Crippen molar-refractivity contribution in [3.63, 3.8) is 0 Å². The maximum absolute atomic E-state index is 13.2. The summed E-state index contributed by atoms with van der Waals surface area (Å²) in [5.41, 5.74) is 6.90. The zero-order chi connectivity index (χ0) is 24.0. The molecule has 10 heteroatoms. The minimum Gasteiger partial charge on any atom is -0.396 e. The maximum Gasteiger partial charge on any atom is 0.473 e. The van der Waals surface area contributed by atoms with E-state index < -0.39 is 17.9 Å². The molecule has 0 saturated heterocycles. The van der Waals surface area contributed by atoms with E-state index in [2.05, 4.69) is 10.3 Å². The smallest absolute Gasteiger partial charge is 0.396 e. The topological polar surface area (TPSA) is 108 Å². The van der Waals surface area contributed by atoms with E-state index in [0.717, 1.165) is 63.5 Å². The second-order valence-electron chi connectivity index (χ2n) is 8.66. The Morgan fingerprint density at radius 2 is 1.91 bits per heavy atom. The van der Waals surface area contributed by atoms with E-state index in [0.29, 0.717) is 12.1 Å². The fourth-order valence-corrected chi connectivity index (χ4v) is 4.59. The van der Waals surface area contributed by atoms with Crippen LogP contribution in [-0.4, -0.2) is 59.1 Å². The van der Waals surface area contributed by atoms with Gasteiger partial charge in [-0.3, -0.25) is 9.59 Å². The molecular formula is C23H31F3N4O3. The number of aliphatic hydroxyl groups is 1. The Balaban J connectivity index is 1.67. The Morgan fingerprint density at radius 3 is 2.64 bits per heavy atom. The molecule has 1 aliphatic heterocycles. The molecule has 0 radical (unpaired) electrons. The van der Waals surface area contributed by atoms with Gasteiger partial charge in [0.05, 0.1) is 0 Å². The van der Waals surface area contributed by atoms with Gasteiger partial charge in [-0.15, -0.1) is 0 Å². The third kappa shape index (κ3) is 6.32. The van der Waals surface area contributed by atoms with Crippen molar-refractivity contribution in [2.24, 2.45) is 10.7 Å². The summed E-state index contributed by atoms with van der Waals surface area (Å²) < 4.78 is 37.4. The van der Waals surface area contributed by atoms with Crippen LogP contribution in [0.3, 0.4) is 0 Å². The number of hydrogen-bond donors (Lipinski definition) is 3. The fourth-order valence-electron chi connectivity index (χ4n) is 4.59. The monoisotopic (exact) mass is 468 g/mol. The summed E-state index contributed by atoms with van der Waals surface area (Å²) in [6.45, 7) is 1.51. The summed E-state index contributed by atoms with van der Waals surface area (Å²) in [5.74, 6) is -3.02. The summed E-state index contributed by atoms with van der Waals surface area (Å²) in [6.07, 6.45) is 2.75. The van der Waals surface area contributed by atoms with Crippen molar-refractivity contribution in [3.8, 4) is 0 Å². The van der Waals surface area contributed by atoms with Gasteiger partial charge in [0.15, 0.2) is 0 Å². The number of amidine groups is 1. The molecule has 2 atom stereocenters. The van der Waals surface area contributed by atoms with E-state index >= 15 is 0 Å². The first kappa shape index (κ1) is 25.2. The molecule has 1 aromatic carbocycles. The van der Waals surface area contributed by atoms with Crippen LogP contribution >= 0.6 is 0 Å². The summed E-state index contributed by atoms with van der Waals surface area (Å²) in [4.78, 5) is 29.1. The van der Waals surface area contributed by atoms with E-state index in [9.17, 15) is 22.8 Å². The highest BCUT2D eigenvalue weighted by atomic mass is 19.4. The molecule has 1 saturated carbocycles. The Labute approximate surface area is 191 Å². The van der Waals surface area contributed by atoms with Gasteiger partial charge in [-0.25, -0.2) is 0 Å². The SMILES string of the molecule is NC(=NC(=O)C(F)(F)F)c1ccc2c(c1)C(=O)N([C@@H]1CCCC[C@H]1NCCCCCCO)C2. The minimum atomic E-state index is -5.10. The first-order chi connectivity index (χ1) is 15.7. The molecule has 1 aromatic rings. The second kappa shape index (κ2) is 11.1. The van der Waals surface area contributed by atoms with Crippen molar-refractivity contribution >= 4 is 17.6 Å². The van der Waals surface area contributed by atoms with E-state index in [1.165, 1.54) is 12.1 Å². The number of nitrogens with zero attached hydrogens (tertiary/aromatic N) is 2. The van der Waals surface area contributed by atoms with Crippen LogP contribution in [0.5, 0.6) is 0 Å². The number of benzene rings is 1. The van der Waals surface area contributed by atoms with Crippen molar-refractivity contribution in [3.05, 3.63) is 34.9 Å². The molecule has 0 bridgehead atoms. The van der Waals surface area contributed by atoms with Gasteiger partial charge in [-0.05, 0) is 43.9 Å². The Morgan fingerprint density at radius 1 is 1.18 bits per heavy atom. The van der Waals surface area contributed by atoms with Gasteiger partial charge in [0.25, 0.3) is 5.91 Å². The summed E-state index contributed by atoms with van der Waals surface area (Å²) in [5, 5.41) is 12.5. The van der Waals surface area contributed by atoms with Crippen LogP contribution in [0.2, 0.25) is 0 Å². The zero-order valence-corrected chi connectivity index (χ0v) is 18.5. The van der Waals surface area contributed by atoms with Crippen molar-refractivity contribution < 1.29 is 27.9 Å². The van der Waals surface area contributed by atoms with Gasteiger partial charge in [0.1, 0.15) is 5.84 Å². The van der Waals surface area contributed by atoms with Crippen LogP contribution in [-0.2, 0) is 11.3 Å². The number of nitrogens with two attached hydrogens (primary N) is 1. The zero-order valence-electron chi connectivity index (χ0n) is 18.5. The summed E-state index contributed by atoms with van der Waals surface area (Å²) in [7, 11) is 0. The molecule has 1 fully saturated rings. The van der Waals surface area contributed by atoms with E-state index in [1.54, 1.807) is 6.07 Å². The largest absolute Gasteiger partial charge is 0.473 e. The van der Waals surface area contributed by atoms with Crippen LogP contribution in [0.15, 0.2) is 23.2 Å². The van der Waals surface area contributed by atoms with Gasteiger partial charge in [-0.2, -0.15) is 18.2 Å². The van der Waals surface area contributed by atoms with Crippen LogP contribution in [0.4, 0.5) is 13.2 Å². The van der Waals surface area contributed by atoms with Gasteiger partial charge < -0.3 is 21.1 Å². The maximum atomic E-state index is 13.2. The number of rotatable bonds is 9. The molecule has 182 valence electrons. The molecule has 2 aliphatic rings. The van der Waals surface area contributed by atoms with Gasteiger partial charge in [0.2, 0.25) is 0 Å². The van der Waals surface area contributed by atoms with Crippen LogP contribution in [0.25, 0.3) is 0 Å². The number of carbonyl (C=O) groups is 2. The average molecular weight is 469 g/mol. The van der Waals surface area contributed by atoms with Gasteiger partial charge in [-0.1, -0.05) is 37.8 Å². The molecule has 0 spiro atoms. The number of aliphatic hydroxyl groups excluding tert-OH is 1. The molecule has 4 N–H and O–H groups in total. The summed E-state index contributed by atoms with van der Waals surface area (Å²) >= 11 is 0. The molecular weight excluding hydrogens is 437 g/mol. The average Bonchev–Trinajstić information content (AvgIpc) is 3.11. The molecule has 3 rings (SSSR count). The first-order valence-corrected chi connectivity index (χ1v) is 11.5. The van der Waals surface area contributed by atoms with Gasteiger partial charge >= 0.3 is 12.1 Å². The lowest BCUT2D eigenvalue weighted by Crippen LogP contribution is -2.52. The highest BCUT2D eigenvalue weighted by Crippen LogP contribution is 2.32. The fraction of sp³-hybridized carbons (Fsp3) is 0.609. The summed E-state index contributed by atoms with van der Waals surface area (Å²) in [6, 6.07) is 4.80. The Hall–Kier alpha value is -2.46. The number of hydrogen-bond acceptors (Lipinski definition) is 4. The lowest BCUT2D eigenvalue weighted by molar-refractivity contribution is -0.169. The van der Waals surface area contributed by atoms with Crippen molar-refractivity contribution in [2.75, 3.05) is 13.2 Å². The van der Waals surface area contributed by atoms with E-state index in [1.807, 2.05) is 4.90 Å². The standard InChI is InChI=1S/C23H31F3N4O3/c24-23(25,26)22(33)29-20(27)15-9-10-16-14-30(21(32)17(16)13-15)19-8-4-3-7-18(19)28-11-5-1-2-6-12-31/h9-10,13,18-19,28,31H,1-8,11-12,14H2,(H2,27,29,33)/t18-,19-/m1/s1. The van der Waals surface area contributed by atoms with Crippen molar-refractivity contribution in [1.82, 2.24) is 10.2 Å². The number of unbranched alkanes of at least 4 members (excludes halogenated alkanes) is 3. The highest BCUT2D eigenvalue weighted by Gasteiger charge is 2.40. The van der Waals surface area contributed by atoms with Crippen molar-refractivity contribution in [1.29, 1.82) is 0 Å². The molecule has 0 aromatic heterocycles. The predicted octanol–water partition coefficient (Wildman–Crippen LogP) is 2.89. The number of carbonyl (C=O) groups excluding carboxylic acids is 2. The number of aliphatic imine (C=N–C) groups is 1. The highest BCUT2D eigenvalue weighted by molar-refractivity contribution is 6.07. The molecule has 2 amide bonds. The van der Waals surface area contributed by atoms with Crippen LogP contribution < -0.4 is 11.1 Å². The normalized spacial score (nSPS) is 21.4. The molecule has 1 heterocycles. The number of nitrogens with one attached hydrogen (secondary N) is 1. The first-order valence-electron chi connectivity index (χ1n) is 11.5. The van der Waals surface area contributed by atoms with Crippen molar-refractivity contribution in [2.45, 2.75) is 76.2 Å². The molecule has 33 heavy (non-hydrogen) atoms. The number of alkyl halides is 3. The number of halogens is 3. The lowest BCUT2D eigenvalue weighted by Gasteiger charge is -2.38. The minimum absolute atomic E-state index is 0.0392. The number of amides is 2. The van der Waals surface area contributed by atoms with E-state index in [4.69, 9.17) is 10.8 Å².